The van der Waals surface area contributed by atoms with Crippen molar-refractivity contribution >= 4 is 29.5 Å². The van der Waals surface area contributed by atoms with Crippen molar-refractivity contribution in [2.24, 2.45) is 5.92 Å². The van der Waals surface area contributed by atoms with Crippen LogP contribution < -0.4 is 4.90 Å². The molecule has 1 unspecified atom stereocenters. The Morgan fingerprint density at radius 2 is 1.30 bits per heavy atom. The van der Waals surface area contributed by atoms with Gasteiger partial charge in [0.05, 0.1) is 16.8 Å². The smallest absolute Gasteiger partial charge is 0.475 e. The number of rotatable bonds is 3. The van der Waals surface area contributed by atoms with E-state index in [1.54, 1.807) is 0 Å². The number of likely N-dealkylation sites (tertiary alicyclic amines) is 1. The number of fused-ring (bicyclic) bond motifs is 2. The zero-order valence-electron chi connectivity index (χ0n) is 23.2. The highest BCUT2D eigenvalue weighted by Gasteiger charge is 2.50. The van der Waals surface area contributed by atoms with E-state index in [4.69, 9.17) is 34.7 Å². The molecule has 254 valence electrons. The Kier molecular flexibility index (Phi) is 11.9. The number of aliphatic carboxylic acids is 3. The maximum Gasteiger partial charge on any atom is 0.490 e. The molecule has 46 heavy (non-hydrogen) atoms. The molecule has 1 atom stereocenters. The average molecular weight is 676 g/mol. The molecule has 1 amide bonds. The lowest BCUT2D eigenvalue weighted by Gasteiger charge is -2.26. The Bertz CT molecular complexity index is 1330. The van der Waals surface area contributed by atoms with E-state index in [9.17, 15) is 44.3 Å². The fourth-order valence-corrected chi connectivity index (χ4v) is 4.41. The largest absolute Gasteiger partial charge is 0.490 e. The summed E-state index contributed by atoms with van der Waals surface area (Å²) in [7, 11) is 0. The maximum absolute atomic E-state index is 12.5. The van der Waals surface area contributed by atoms with Gasteiger partial charge in [-0.2, -0.15) is 39.5 Å². The molecule has 0 aromatic carbocycles. The van der Waals surface area contributed by atoms with Gasteiger partial charge in [-0.05, 0) is 43.0 Å². The Hall–Kier alpha value is -4.65. The van der Waals surface area contributed by atoms with Gasteiger partial charge in [-0.25, -0.2) is 14.4 Å². The molecule has 2 aromatic heterocycles. The van der Waals surface area contributed by atoms with Crippen LogP contribution in [0.4, 0.5) is 45.2 Å². The van der Waals surface area contributed by atoms with Crippen LogP contribution in [0, 0.1) is 5.92 Å². The molecule has 2 aromatic rings. The van der Waals surface area contributed by atoms with Crippen LogP contribution in [0.15, 0.2) is 42.9 Å². The minimum absolute atomic E-state index is 0.0106. The van der Waals surface area contributed by atoms with Gasteiger partial charge in [-0.1, -0.05) is 6.07 Å². The molecule has 3 aliphatic rings. The summed E-state index contributed by atoms with van der Waals surface area (Å²) < 4.78 is 95.2. The highest BCUT2D eigenvalue weighted by molar-refractivity contribution is 5.82. The number of halogens is 9. The Morgan fingerprint density at radius 1 is 0.804 bits per heavy atom. The van der Waals surface area contributed by atoms with E-state index in [1.807, 2.05) is 30.7 Å². The quantitative estimate of drug-likeness (QED) is 0.401. The van der Waals surface area contributed by atoms with Crippen molar-refractivity contribution < 1.29 is 74.0 Å². The number of carbonyl (C=O) groups is 4. The number of carboxylic acid groups (broad SMARTS) is 3. The summed E-state index contributed by atoms with van der Waals surface area (Å²) in [5.74, 6) is -7.61. The molecule has 0 radical (unpaired) electrons. The Balaban J connectivity index is 0.000000289. The summed E-state index contributed by atoms with van der Waals surface area (Å²) in [6.45, 7) is 3.45. The summed E-state index contributed by atoms with van der Waals surface area (Å²) in [5, 5.41) is 21.4. The van der Waals surface area contributed by atoms with Crippen molar-refractivity contribution in [3.8, 4) is 0 Å². The van der Waals surface area contributed by atoms with Gasteiger partial charge in [0.1, 0.15) is 0 Å². The van der Waals surface area contributed by atoms with Gasteiger partial charge in [-0.3, -0.25) is 14.8 Å². The van der Waals surface area contributed by atoms with Crippen LogP contribution in [0.1, 0.15) is 30.5 Å². The summed E-state index contributed by atoms with van der Waals surface area (Å²) >= 11 is 0. The molecular formula is C26H25F9N4O7. The normalized spacial score (nSPS) is 18.6. The maximum atomic E-state index is 12.5. The standard InChI is InChI=1S/C20H22N4O.3C2HF3O2/c25-19(16-5-6-16)23-10-7-20(13-23)14-24(12-15-3-1-8-21-11-15)17-4-2-9-22-18(17)20;3*3-2(4,5)1(6)7/h1-4,8-9,11,16H,5-7,10,12-14H2;3*(H,6,7). The molecule has 2 aliphatic heterocycles. The second kappa shape index (κ2) is 14.6. The van der Waals surface area contributed by atoms with Crippen LogP contribution in [0.25, 0.3) is 0 Å². The van der Waals surface area contributed by atoms with Crippen LogP contribution in [0.3, 0.4) is 0 Å². The molecule has 0 bridgehead atoms. The summed E-state index contributed by atoms with van der Waals surface area (Å²) in [6, 6.07) is 8.28. The van der Waals surface area contributed by atoms with Crippen LogP contribution in [0.5, 0.6) is 0 Å². The van der Waals surface area contributed by atoms with Crippen LogP contribution in [-0.4, -0.2) is 92.2 Å². The van der Waals surface area contributed by atoms with E-state index >= 15 is 0 Å². The zero-order valence-corrected chi connectivity index (χ0v) is 23.2. The molecule has 3 N–H and O–H groups in total. The highest BCUT2D eigenvalue weighted by atomic mass is 19.4. The first-order valence-corrected chi connectivity index (χ1v) is 12.9. The molecule has 1 saturated heterocycles. The molecule has 1 spiro atoms. The van der Waals surface area contributed by atoms with Crippen molar-refractivity contribution in [3.63, 3.8) is 0 Å². The number of anilines is 1. The number of hydrogen-bond acceptors (Lipinski definition) is 7. The van der Waals surface area contributed by atoms with Gasteiger partial charge in [-0.15, -0.1) is 0 Å². The molecule has 4 heterocycles. The molecule has 20 heteroatoms. The van der Waals surface area contributed by atoms with E-state index in [1.165, 1.54) is 16.9 Å². The SMILES string of the molecule is O=C(C1CC1)N1CCC2(C1)CN(Cc1cccnc1)c1cccnc12.O=C(O)C(F)(F)F.O=C(O)C(F)(F)F.O=C(O)C(F)(F)F. The van der Waals surface area contributed by atoms with E-state index < -0.39 is 36.4 Å². The van der Waals surface area contributed by atoms with Gasteiger partial charge >= 0.3 is 36.4 Å². The number of hydrogen-bond donors (Lipinski definition) is 3. The second-order valence-electron chi connectivity index (χ2n) is 10.1. The van der Waals surface area contributed by atoms with E-state index in [-0.39, 0.29) is 5.41 Å². The van der Waals surface area contributed by atoms with Gasteiger partial charge in [0.2, 0.25) is 5.91 Å². The minimum Gasteiger partial charge on any atom is -0.475 e. The predicted octanol–water partition coefficient (Wildman–Crippen LogP) is 4.28. The van der Waals surface area contributed by atoms with Crippen LogP contribution >= 0.6 is 0 Å². The van der Waals surface area contributed by atoms with E-state index in [0.717, 1.165) is 45.4 Å². The van der Waals surface area contributed by atoms with Gasteiger partial charge in [0.25, 0.3) is 0 Å². The van der Waals surface area contributed by atoms with Crippen molar-refractivity contribution in [1.29, 1.82) is 0 Å². The number of pyridine rings is 2. The second-order valence-corrected chi connectivity index (χ2v) is 10.1. The van der Waals surface area contributed by atoms with Crippen molar-refractivity contribution in [1.82, 2.24) is 14.9 Å². The number of nitrogens with zero attached hydrogens (tertiary/aromatic N) is 4. The Morgan fingerprint density at radius 3 is 1.74 bits per heavy atom. The Labute approximate surface area is 253 Å². The number of carboxylic acids is 3. The molecule has 2 fully saturated rings. The van der Waals surface area contributed by atoms with E-state index in [2.05, 4.69) is 26.9 Å². The van der Waals surface area contributed by atoms with Gasteiger partial charge in [0.15, 0.2) is 0 Å². The monoisotopic (exact) mass is 676 g/mol. The molecule has 11 nitrogen and oxygen atoms in total. The fourth-order valence-electron chi connectivity index (χ4n) is 4.41. The van der Waals surface area contributed by atoms with Gasteiger partial charge in [0, 0.05) is 50.7 Å². The van der Waals surface area contributed by atoms with E-state index in [0.29, 0.717) is 11.8 Å². The third-order valence-electron chi connectivity index (χ3n) is 6.54. The number of carbonyl (C=O) groups excluding carboxylic acids is 1. The fraction of sp³-hybridized carbons (Fsp3) is 0.462. The summed E-state index contributed by atoms with van der Waals surface area (Å²) in [4.78, 5) is 52.7. The summed E-state index contributed by atoms with van der Waals surface area (Å²) in [5.41, 5.74) is 3.58. The van der Waals surface area contributed by atoms with Crippen molar-refractivity contribution in [2.45, 2.75) is 49.8 Å². The number of aromatic nitrogens is 2. The average Bonchev–Trinajstić information content (AvgIpc) is 3.65. The molecular weight excluding hydrogens is 651 g/mol. The minimum atomic E-state index is -5.08. The zero-order chi connectivity index (χ0) is 35.1. The topological polar surface area (TPSA) is 161 Å². The lowest BCUT2D eigenvalue weighted by atomic mass is 9.85. The third kappa shape index (κ3) is 10.8. The summed E-state index contributed by atoms with van der Waals surface area (Å²) in [6.07, 6.45) is -6.46. The third-order valence-corrected chi connectivity index (χ3v) is 6.54. The number of alkyl halides is 9. The molecule has 5 rings (SSSR count). The lowest BCUT2D eigenvalue weighted by Crippen LogP contribution is -2.38. The highest BCUT2D eigenvalue weighted by Crippen LogP contribution is 2.46. The lowest BCUT2D eigenvalue weighted by molar-refractivity contribution is -0.193. The first kappa shape index (κ1) is 37.5. The van der Waals surface area contributed by atoms with Crippen molar-refractivity contribution in [2.75, 3.05) is 24.5 Å². The first-order valence-electron chi connectivity index (χ1n) is 12.9. The van der Waals surface area contributed by atoms with Gasteiger partial charge < -0.3 is 25.1 Å². The predicted molar refractivity (Wildman–Crippen MR) is 136 cm³/mol. The van der Waals surface area contributed by atoms with Crippen LogP contribution in [-0.2, 0) is 31.1 Å². The van der Waals surface area contributed by atoms with Crippen molar-refractivity contribution in [3.05, 3.63) is 54.1 Å². The molecule has 1 aliphatic carbocycles. The molecule has 1 saturated carbocycles. The number of amides is 1. The van der Waals surface area contributed by atoms with Crippen LogP contribution in [0.2, 0.25) is 0 Å². The first-order chi connectivity index (χ1) is 21.1.